The molecular formula is C21H38IN5O2S. The molecule has 1 unspecified atom stereocenters. The van der Waals surface area contributed by atoms with Crippen LogP contribution in [0, 0.1) is 0 Å². The van der Waals surface area contributed by atoms with Crippen LogP contribution in [0.3, 0.4) is 0 Å². The quantitative estimate of drug-likeness (QED) is 0.294. The van der Waals surface area contributed by atoms with Crippen molar-refractivity contribution in [2.24, 2.45) is 4.99 Å². The van der Waals surface area contributed by atoms with Gasteiger partial charge in [-0.25, -0.2) is 0 Å². The van der Waals surface area contributed by atoms with Gasteiger partial charge in [0.25, 0.3) is 0 Å². The monoisotopic (exact) mass is 551 g/mol. The van der Waals surface area contributed by atoms with E-state index in [0.717, 1.165) is 78.2 Å². The third kappa shape index (κ3) is 7.59. The van der Waals surface area contributed by atoms with Crippen molar-refractivity contribution >= 4 is 41.3 Å². The Bertz CT molecular complexity index is 617. The molecule has 9 heteroatoms. The van der Waals surface area contributed by atoms with Crippen molar-refractivity contribution in [1.29, 1.82) is 0 Å². The number of ether oxygens (including phenoxy) is 2. The summed E-state index contributed by atoms with van der Waals surface area (Å²) in [5.74, 6) is 0.892. The first-order valence-electron chi connectivity index (χ1n) is 10.8. The average molecular weight is 552 g/mol. The molecule has 1 aromatic rings. The van der Waals surface area contributed by atoms with E-state index >= 15 is 0 Å². The van der Waals surface area contributed by atoms with E-state index in [2.05, 4.69) is 58.7 Å². The Kier molecular flexibility index (Phi) is 11.3. The van der Waals surface area contributed by atoms with Gasteiger partial charge in [0.2, 0.25) is 0 Å². The number of hydrogen-bond acceptors (Lipinski definition) is 6. The van der Waals surface area contributed by atoms with Gasteiger partial charge in [-0.15, -0.1) is 35.3 Å². The van der Waals surface area contributed by atoms with Crippen molar-refractivity contribution in [3.8, 4) is 0 Å². The number of morpholine rings is 2. The van der Waals surface area contributed by atoms with Crippen molar-refractivity contribution < 1.29 is 9.47 Å². The molecule has 2 aliphatic rings. The van der Waals surface area contributed by atoms with Crippen molar-refractivity contribution in [3.05, 3.63) is 22.4 Å². The van der Waals surface area contributed by atoms with Crippen molar-refractivity contribution in [3.63, 3.8) is 0 Å². The second kappa shape index (κ2) is 13.2. The molecule has 1 atom stereocenters. The second-order valence-corrected chi connectivity index (χ2v) is 9.15. The molecule has 1 aromatic heterocycles. The SMILES string of the molecule is CCNC(=NCC(C)(C)N1CCOCC1)NCC(c1cccs1)N1CCOCC1.I. The Hall–Kier alpha value is -0.460. The highest BCUT2D eigenvalue weighted by atomic mass is 127. The molecule has 0 aromatic carbocycles. The fraction of sp³-hybridized carbons (Fsp3) is 0.762. The van der Waals surface area contributed by atoms with Gasteiger partial charge < -0.3 is 20.1 Å². The first kappa shape index (κ1) is 25.8. The van der Waals surface area contributed by atoms with Gasteiger partial charge in [0.15, 0.2) is 5.96 Å². The Balaban J connectivity index is 0.00000320. The number of nitrogens with one attached hydrogen (secondary N) is 2. The largest absolute Gasteiger partial charge is 0.379 e. The Morgan fingerprint density at radius 2 is 1.80 bits per heavy atom. The number of aliphatic imine (C=N–C) groups is 1. The average Bonchev–Trinajstić information content (AvgIpc) is 3.28. The number of rotatable bonds is 8. The topological polar surface area (TPSA) is 61.4 Å². The summed E-state index contributed by atoms with van der Waals surface area (Å²) in [6.45, 7) is 16.2. The number of thiophene rings is 1. The van der Waals surface area contributed by atoms with Crippen LogP contribution in [0.25, 0.3) is 0 Å². The molecule has 0 radical (unpaired) electrons. The molecule has 172 valence electrons. The summed E-state index contributed by atoms with van der Waals surface area (Å²) in [6.07, 6.45) is 0. The van der Waals surface area contributed by atoms with Crippen LogP contribution in [-0.4, -0.2) is 93.5 Å². The summed E-state index contributed by atoms with van der Waals surface area (Å²) in [5, 5.41) is 9.18. The van der Waals surface area contributed by atoms with Gasteiger partial charge in [0.1, 0.15) is 0 Å². The predicted octanol–water partition coefficient (Wildman–Crippen LogP) is 2.41. The van der Waals surface area contributed by atoms with Crippen LogP contribution >= 0.6 is 35.3 Å². The standard InChI is InChI=1S/C21H37N5O2S.HI/c1-4-22-20(24-17-21(2,3)26-9-13-28-14-10-26)23-16-18(19-6-5-15-29-19)25-7-11-27-12-8-25;/h5-6,15,18H,4,7-14,16-17H2,1-3H3,(H2,22,23,24);1H. The molecule has 0 bridgehead atoms. The van der Waals surface area contributed by atoms with E-state index < -0.39 is 0 Å². The van der Waals surface area contributed by atoms with Gasteiger partial charge in [-0.2, -0.15) is 0 Å². The summed E-state index contributed by atoms with van der Waals surface area (Å²) in [5.41, 5.74) is 0.0174. The van der Waals surface area contributed by atoms with E-state index in [0.29, 0.717) is 6.04 Å². The van der Waals surface area contributed by atoms with Crippen molar-refractivity contribution in [2.75, 3.05) is 72.2 Å². The van der Waals surface area contributed by atoms with E-state index in [4.69, 9.17) is 14.5 Å². The molecule has 0 amide bonds. The van der Waals surface area contributed by atoms with Gasteiger partial charge in [0, 0.05) is 49.7 Å². The second-order valence-electron chi connectivity index (χ2n) is 8.17. The Morgan fingerprint density at radius 1 is 1.13 bits per heavy atom. The molecular weight excluding hydrogens is 513 g/mol. The fourth-order valence-electron chi connectivity index (χ4n) is 3.86. The number of nitrogens with zero attached hydrogens (tertiary/aromatic N) is 3. The van der Waals surface area contributed by atoms with Gasteiger partial charge in [-0.3, -0.25) is 14.8 Å². The molecule has 2 N–H and O–H groups in total. The van der Waals surface area contributed by atoms with Crippen molar-refractivity contribution in [1.82, 2.24) is 20.4 Å². The van der Waals surface area contributed by atoms with E-state index in [1.54, 1.807) is 0 Å². The maximum absolute atomic E-state index is 5.56. The minimum absolute atomic E-state index is 0. The molecule has 2 fully saturated rings. The van der Waals surface area contributed by atoms with E-state index in [9.17, 15) is 0 Å². The third-order valence-electron chi connectivity index (χ3n) is 5.66. The zero-order valence-corrected chi connectivity index (χ0v) is 21.7. The summed E-state index contributed by atoms with van der Waals surface area (Å²) < 4.78 is 11.1. The van der Waals surface area contributed by atoms with Crippen LogP contribution in [0.4, 0.5) is 0 Å². The molecule has 30 heavy (non-hydrogen) atoms. The lowest BCUT2D eigenvalue weighted by atomic mass is 10.0. The van der Waals surface area contributed by atoms with Gasteiger partial charge in [0.05, 0.1) is 39.0 Å². The normalized spacial score (nSPS) is 20.4. The van der Waals surface area contributed by atoms with E-state index in [-0.39, 0.29) is 29.5 Å². The highest BCUT2D eigenvalue weighted by Crippen LogP contribution is 2.25. The first-order chi connectivity index (χ1) is 14.1. The highest BCUT2D eigenvalue weighted by molar-refractivity contribution is 14.0. The predicted molar refractivity (Wildman–Crippen MR) is 135 cm³/mol. The van der Waals surface area contributed by atoms with E-state index in [1.165, 1.54) is 4.88 Å². The number of guanidine groups is 1. The molecule has 0 spiro atoms. The van der Waals surface area contributed by atoms with Crippen LogP contribution in [0.5, 0.6) is 0 Å². The molecule has 0 aliphatic carbocycles. The molecule has 3 heterocycles. The minimum atomic E-state index is 0. The highest BCUT2D eigenvalue weighted by Gasteiger charge is 2.28. The third-order valence-corrected chi connectivity index (χ3v) is 6.63. The summed E-state index contributed by atoms with van der Waals surface area (Å²) in [7, 11) is 0. The van der Waals surface area contributed by atoms with Crippen molar-refractivity contribution in [2.45, 2.75) is 32.4 Å². The smallest absolute Gasteiger partial charge is 0.191 e. The maximum Gasteiger partial charge on any atom is 0.191 e. The lowest BCUT2D eigenvalue weighted by Crippen LogP contribution is -2.52. The number of hydrogen-bond donors (Lipinski definition) is 2. The minimum Gasteiger partial charge on any atom is -0.379 e. The zero-order valence-electron chi connectivity index (χ0n) is 18.6. The molecule has 3 rings (SSSR count). The van der Waals surface area contributed by atoms with Crippen LogP contribution in [0.15, 0.2) is 22.5 Å². The lowest BCUT2D eigenvalue weighted by molar-refractivity contribution is -0.00684. The maximum atomic E-state index is 5.56. The van der Waals surface area contributed by atoms with Gasteiger partial charge in [-0.1, -0.05) is 6.07 Å². The van der Waals surface area contributed by atoms with Gasteiger partial charge in [-0.05, 0) is 32.2 Å². The number of halogens is 1. The summed E-state index contributed by atoms with van der Waals surface area (Å²) >= 11 is 1.82. The molecule has 2 aliphatic heterocycles. The zero-order chi connectivity index (χ0) is 20.5. The van der Waals surface area contributed by atoms with Crippen LogP contribution < -0.4 is 10.6 Å². The first-order valence-corrected chi connectivity index (χ1v) is 11.7. The summed E-state index contributed by atoms with van der Waals surface area (Å²) in [4.78, 5) is 11.3. The Labute approximate surface area is 202 Å². The lowest BCUT2D eigenvalue weighted by Gasteiger charge is -2.40. The molecule has 7 nitrogen and oxygen atoms in total. The van der Waals surface area contributed by atoms with Crippen LogP contribution in [-0.2, 0) is 9.47 Å². The van der Waals surface area contributed by atoms with Gasteiger partial charge >= 0.3 is 0 Å². The molecule has 0 saturated carbocycles. The fourth-order valence-corrected chi connectivity index (χ4v) is 4.72. The van der Waals surface area contributed by atoms with Crippen LogP contribution in [0.2, 0.25) is 0 Å². The van der Waals surface area contributed by atoms with E-state index in [1.807, 2.05) is 11.3 Å². The Morgan fingerprint density at radius 3 is 2.40 bits per heavy atom. The molecule has 2 saturated heterocycles. The summed E-state index contributed by atoms with van der Waals surface area (Å²) in [6, 6.07) is 4.71. The van der Waals surface area contributed by atoms with Crippen LogP contribution in [0.1, 0.15) is 31.7 Å².